The van der Waals surface area contributed by atoms with E-state index in [1.807, 2.05) is 24.3 Å². The third-order valence-corrected chi connectivity index (χ3v) is 5.99. The molecule has 0 radical (unpaired) electrons. The molecule has 2 aromatic heterocycles. The SMILES string of the molecule is COc1ccc(CNc2nc3sc4c(c3c(=O)n2C)CCCC4)cc1. The lowest BCUT2D eigenvalue weighted by atomic mass is 9.97. The number of aromatic nitrogens is 2. The molecule has 0 aliphatic heterocycles. The number of rotatable bonds is 4. The van der Waals surface area contributed by atoms with E-state index in [-0.39, 0.29) is 5.56 Å². The summed E-state index contributed by atoms with van der Waals surface area (Å²) < 4.78 is 6.81. The second kappa shape index (κ2) is 6.52. The van der Waals surface area contributed by atoms with Crippen molar-refractivity contribution >= 4 is 27.5 Å². The van der Waals surface area contributed by atoms with Crippen LogP contribution in [0, 0.1) is 0 Å². The van der Waals surface area contributed by atoms with E-state index in [1.165, 1.54) is 23.3 Å². The van der Waals surface area contributed by atoms with Gasteiger partial charge >= 0.3 is 0 Å². The molecule has 0 spiro atoms. The van der Waals surface area contributed by atoms with Crippen molar-refractivity contribution in [2.24, 2.45) is 7.05 Å². The molecule has 1 aliphatic carbocycles. The molecule has 1 N–H and O–H groups in total. The lowest BCUT2D eigenvalue weighted by molar-refractivity contribution is 0.414. The smallest absolute Gasteiger partial charge is 0.263 e. The number of thiophene rings is 1. The molecule has 0 fully saturated rings. The van der Waals surface area contributed by atoms with Gasteiger partial charge in [0, 0.05) is 18.5 Å². The highest BCUT2D eigenvalue weighted by molar-refractivity contribution is 7.18. The number of ether oxygens (including phenoxy) is 1. The number of fused-ring (bicyclic) bond motifs is 3. The van der Waals surface area contributed by atoms with Crippen molar-refractivity contribution in [1.29, 1.82) is 0 Å². The Morgan fingerprint density at radius 3 is 2.76 bits per heavy atom. The first-order chi connectivity index (χ1) is 12.2. The summed E-state index contributed by atoms with van der Waals surface area (Å²) in [6.07, 6.45) is 4.46. The van der Waals surface area contributed by atoms with Crippen molar-refractivity contribution in [1.82, 2.24) is 9.55 Å². The number of benzene rings is 1. The van der Waals surface area contributed by atoms with Gasteiger partial charge < -0.3 is 10.1 Å². The van der Waals surface area contributed by atoms with Gasteiger partial charge in [-0.2, -0.15) is 0 Å². The number of nitrogens with one attached hydrogen (secondary N) is 1. The predicted molar refractivity (Wildman–Crippen MR) is 102 cm³/mol. The fourth-order valence-electron chi connectivity index (χ4n) is 3.37. The van der Waals surface area contributed by atoms with Crippen molar-refractivity contribution in [2.45, 2.75) is 32.2 Å². The minimum atomic E-state index is 0.0571. The average Bonchev–Trinajstić information content (AvgIpc) is 3.02. The maximum Gasteiger partial charge on any atom is 0.263 e. The van der Waals surface area contributed by atoms with E-state index in [1.54, 1.807) is 30.1 Å². The molecule has 6 heteroatoms. The van der Waals surface area contributed by atoms with Crippen LogP contribution in [0.25, 0.3) is 10.2 Å². The zero-order valence-corrected chi connectivity index (χ0v) is 15.3. The van der Waals surface area contributed by atoms with Crippen LogP contribution in [0.15, 0.2) is 29.1 Å². The highest BCUT2D eigenvalue weighted by Gasteiger charge is 2.21. The molecule has 0 saturated carbocycles. The van der Waals surface area contributed by atoms with Gasteiger partial charge in [-0.25, -0.2) is 4.98 Å². The maximum absolute atomic E-state index is 12.9. The molecule has 1 aromatic carbocycles. The first-order valence-electron chi connectivity index (χ1n) is 8.55. The second-order valence-electron chi connectivity index (χ2n) is 6.39. The van der Waals surface area contributed by atoms with Gasteiger partial charge in [-0.05, 0) is 48.9 Å². The topological polar surface area (TPSA) is 56.1 Å². The third-order valence-electron chi connectivity index (χ3n) is 4.81. The van der Waals surface area contributed by atoms with E-state index in [0.717, 1.165) is 34.4 Å². The van der Waals surface area contributed by atoms with Crippen LogP contribution in [0.1, 0.15) is 28.8 Å². The van der Waals surface area contributed by atoms with Crippen LogP contribution in [0.5, 0.6) is 5.75 Å². The van der Waals surface area contributed by atoms with Crippen molar-refractivity contribution in [3.63, 3.8) is 0 Å². The van der Waals surface area contributed by atoms with Gasteiger partial charge in [-0.15, -0.1) is 11.3 Å². The Morgan fingerprint density at radius 1 is 1.24 bits per heavy atom. The van der Waals surface area contributed by atoms with E-state index in [4.69, 9.17) is 9.72 Å². The number of hydrogen-bond acceptors (Lipinski definition) is 5. The van der Waals surface area contributed by atoms with Crippen LogP contribution in [-0.4, -0.2) is 16.7 Å². The summed E-state index contributed by atoms with van der Waals surface area (Å²) >= 11 is 1.68. The Morgan fingerprint density at radius 2 is 2.00 bits per heavy atom. The number of anilines is 1. The number of hydrogen-bond donors (Lipinski definition) is 1. The van der Waals surface area contributed by atoms with Gasteiger partial charge in [0.15, 0.2) is 0 Å². The van der Waals surface area contributed by atoms with E-state index >= 15 is 0 Å². The van der Waals surface area contributed by atoms with Crippen molar-refractivity contribution in [3.8, 4) is 5.75 Å². The molecule has 25 heavy (non-hydrogen) atoms. The first kappa shape index (κ1) is 16.1. The fraction of sp³-hybridized carbons (Fsp3) is 0.368. The monoisotopic (exact) mass is 355 g/mol. The molecular formula is C19H21N3O2S. The fourth-order valence-corrected chi connectivity index (χ4v) is 4.62. The van der Waals surface area contributed by atoms with E-state index in [2.05, 4.69) is 5.32 Å². The quantitative estimate of drug-likeness (QED) is 0.778. The third kappa shape index (κ3) is 2.91. The molecule has 4 rings (SSSR count). The summed E-state index contributed by atoms with van der Waals surface area (Å²) in [5, 5.41) is 4.13. The molecule has 0 unspecified atom stereocenters. The molecule has 130 valence electrons. The van der Waals surface area contributed by atoms with Gasteiger partial charge in [-0.1, -0.05) is 12.1 Å². The zero-order valence-electron chi connectivity index (χ0n) is 14.5. The molecule has 5 nitrogen and oxygen atoms in total. The van der Waals surface area contributed by atoms with E-state index in [0.29, 0.717) is 12.5 Å². The Bertz CT molecular complexity index is 973. The van der Waals surface area contributed by atoms with Gasteiger partial charge in [0.1, 0.15) is 10.6 Å². The summed E-state index contributed by atoms with van der Waals surface area (Å²) in [5.74, 6) is 1.45. The summed E-state index contributed by atoms with van der Waals surface area (Å²) in [7, 11) is 3.45. The van der Waals surface area contributed by atoms with Gasteiger partial charge in [0.05, 0.1) is 12.5 Å². The van der Waals surface area contributed by atoms with E-state index < -0.39 is 0 Å². The molecule has 2 heterocycles. The maximum atomic E-state index is 12.9. The minimum Gasteiger partial charge on any atom is -0.497 e. The lowest BCUT2D eigenvalue weighted by Crippen LogP contribution is -2.22. The summed E-state index contributed by atoms with van der Waals surface area (Å²) in [6, 6.07) is 7.87. The van der Waals surface area contributed by atoms with Gasteiger partial charge in [-0.3, -0.25) is 9.36 Å². The second-order valence-corrected chi connectivity index (χ2v) is 7.48. The highest BCUT2D eigenvalue weighted by atomic mass is 32.1. The molecule has 0 saturated heterocycles. The molecule has 3 aromatic rings. The molecule has 0 atom stereocenters. The highest BCUT2D eigenvalue weighted by Crippen LogP contribution is 2.34. The van der Waals surface area contributed by atoms with Crippen molar-refractivity contribution in [3.05, 3.63) is 50.6 Å². The molecule has 0 bridgehead atoms. The van der Waals surface area contributed by atoms with Crippen LogP contribution in [-0.2, 0) is 26.4 Å². The molecule has 0 amide bonds. The predicted octanol–water partition coefficient (Wildman–Crippen LogP) is 3.49. The van der Waals surface area contributed by atoms with E-state index in [9.17, 15) is 4.79 Å². The number of methoxy groups -OCH3 is 1. The summed E-state index contributed by atoms with van der Waals surface area (Å²) in [6.45, 7) is 0.612. The largest absolute Gasteiger partial charge is 0.497 e. The number of nitrogens with zero attached hydrogens (tertiary/aromatic N) is 2. The van der Waals surface area contributed by atoms with Crippen molar-refractivity contribution in [2.75, 3.05) is 12.4 Å². The molecular weight excluding hydrogens is 334 g/mol. The Kier molecular flexibility index (Phi) is 4.21. The van der Waals surface area contributed by atoms with Crippen LogP contribution in [0.2, 0.25) is 0 Å². The normalized spacial score (nSPS) is 13.7. The summed E-state index contributed by atoms with van der Waals surface area (Å²) in [4.78, 5) is 19.8. The Hall–Kier alpha value is -2.34. The van der Waals surface area contributed by atoms with Crippen LogP contribution in [0.3, 0.4) is 0 Å². The lowest BCUT2D eigenvalue weighted by Gasteiger charge is -2.12. The van der Waals surface area contributed by atoms with Crippen LogP contribution < -0.4 is 15.6 Å². The first-order valence-corrected chi connectivity index (χ1v) is 9.37. The summed E-state index contributed by atoms with van der Waals surface area (Å²) in [5.41, 5.74) is 2.41. The van der Waals surface area contributed by atoms with Gasteiger partial charge in [0.25, 0.3) is 5.56 Å². The number of aryl methyl sites for hydroxylation is 2. The average molecular weight is 355 g/mol. The zero-order chi connectivity index (χ0) is 17.4. The Labute approximate surface area is 150 Å². The van der Waals surface area contributed by atoms with Crippen LogP contribution in [0.4, 0.5) is 5.95 Å². The van der Waals surface area contributed by atoms with Crippen LogP contribution >= 0.6 is 11.3 Å². The van der Waals surface area contributed by atoms with Crippen molar-refractivity contribution < 1.29 is 4.74 Å². The standard InChI is InChI=1S/C19H21N3O2S/c1-22-18(23)16-14-5-3-4-6-15(14)25-17(16)21-19(22)20-11-12-7-9-13(24-2)10-8-12/h7-10H,3-6,11H2,1-2H3,(H,20,21). The molecule has 1 aliphatic rings. The van der Waals surface area contributed by atoms with Gasteiger partial charge in [0.2, 0.25) is 5.95 Å². The minimum absolute atomic E-state index is 0.0571. The Balaban J connectivity index is 1.65.